The van der Waals surface area contributed by atoms with Crippen LogP contribution in [0.3, 0.4) is 0 Å². The topological polar surface area (TPSA) is 45.2 Å². The van der Waals surface area contributed by atoms with Crippen LogP contribution in [0, 0.1) is 0 Å². The molecule has 18 heavy (non-hydrogen) atoms. The quantitative estimate of drug-likeness (QED) is 0.885. The summed E-state index contributed by atoms with van der Waals surface area (Å²) in [6.07, 6.45) is 5.72. The van der Waals surface area contributed by atoms with Crippen LogP contribution in [-0.4, -0.2) is 34.9 Å². The van der Waals surface area contributed by atoms with Gasteiger partial charge in [-0.15, -0.1) is 0 Å². The standard InChI is InChI=1S/C14H21N3O/c1-14(2,15-3)13(18)17-9-5-7-12(17)11-6-4-8-16-10-11/h4,6,8,10,12,15H,5,7,9H2,1-3H3. The van der Waals surface area contributed by atoms with Gasteiger partial charge in [-0.05, 0) is 45.4 Å². The van der Waals surface area contributed by atoms with Gasteiger partial charge in [0, 0.05) is 18.9 Å². The number of rotatable bonds is 3. The van der Waals surface area contributed by atoms with Crippen molar-refractivity contribution in [3.8, 4) is 0 Å². The molecule has 1 aliphatic rings. The van der Waals surface area contributed by atoms with Gasteiger partial charge in [-0.2, -0.15) is 0 Å². The van der Waals surface area contributed by atoms with E-state index in [1.54, 1.807) is 6.20 Å². The summed E-state index contributed by atoms with van der Waals surface area (Å²) in [4.78, 5) is 18.7. The molecular weight excluding hydrogens is 226 g/mol. The highest BCUT2D eigenvalue weighted by Crippen LogP contribution is 2.32. The molecule has 1 aliphatic heterocycles. The minimum absolute atomic E-state index is 0.163. The lowest BCUT2D eigenvalue weighted by molar-refractivity contribution is -0.137. The lowest BCUT2D eigenvalue weighted by Crippen LogP contribution is -2.52. The van der Waals surface area contributed by atoms with E-state index in [0.29, 0.717) is 0 Å². The van der Waals surface area contributed by atoms with E-state index in [9.17, 15) is 4.79 Å². The number of amides is 1. The first kappa shape index (κ1) is 13.0. The third kappa shape index (κ3) is 2.38. The van der Waals surface area contributed by atoms with Crippen LogP contribution in [0.1, 0.15) is 38.3 Å². The summed E-state index contributed by atoms with van der Waals surface area (Å²) in [5.41, 5.74) is 0.625. The Labute approximate surface area is 108 Å². The van der Waals surface area contributed by atoms with E-state index < -0.39 is 5.54 Å². The molecule has 0 saturated carbocycles. The first-order valence-corrected chi connectivity index (χ1v) is 6.46. The normalized spacial score (nSPS) is 20.2. The van der Waals surface area contributed by atoms with Gasteiger partial charge >= 0.3 is 0 Å². The lowest BCUT2D eigenvalue weighted by Gasteiger charge is -2.33. The van der Waals surface area contributed by atoms with Crippen LogP contribution >= 0.6 is 0 Å². The van der Waals surface area contributed by atoms with Gasteiger partial charge in [0.2, 0.25) is 5.91 Å². The van der Waals surface area contributed by atoms with Crippen LogP contribution in [0.2, 0.25) is 0 Å². The second-order valence-electron chi connectivity index (χ2n) is 5.32. The van der Waals surface area contributed by atoms with Gasteiger partial charge < -0.3 is 10.2 Å². The fourth-order valence-electron chi connectivity index (χ4n) is 2.40. The van der Waals surface area contributed by atoms with E-state index in [2.05, 4.69) is 16.4 Å². The summed E-state index contributed by atoms with van der Waals surface area (Å²) in [5, 5.41) is 3.08. The Kier molecular flexibility index (Phi) is 3.66. The Morgan fingerprint density at radius 2 is 2.33 bits per heavy atom. The van der Waals surface area contributed by atoms with Crippen molar-refractivity contribution in [1.82, 2.24) is 15.2 Å². The molecule has 1 amide bonds. The van der Waals surface area contributed by atoms with Gasteiger partial charge in [0.05, 0.1) is 11.6 Å². The summed E-state index contributed by atoms with van der Waals surface area (Å²) in [7, 11) is 1.83. The van der Waals surface area contributed by atoms with E-state index >= 15 is 0 Å². The zero-order chi connectivity index (χ0) is 13.2. The SMILES string of the molecule is CNC(C)(C)C(=O)N1CCCC1c1cccnc1. The molecule has 1 fully saturated rings. The molecule has 1 aromatic rings. The van der Waals surface area contributed by atoms with Crippen molar-refractivity contribution in [3.63, 3.8) is 0 Å². The average Bonchev–Trinajstić information content (AvgIpc) is 2.87. The number of carbonyl (C=O) groups is 1. The van der Waals surface area contributed by atoms with Crippen molar-refractivity contribution in [2.24, 2.45) is 0 Å². The lowest BCUT2D eigenvalue weighted by atomic mass is 10.0. The number of hydrogen-bond donors (Lipinski definition) is 1. The van der Waals surface area contributed by atoms with E-state index in [0.717, 1.165) is 24.9 Å². The predicted molar refractivity (Wildman–Crippen MR) is 71.1 cm³/mol. The van der Waals surface area contributed by atoms with Crippen molar-refractivity contribution < 1.29 is 4.79 Å². The van der Waals surface area contributed by atoms with Crippen LogP contribution in [0.5, 0.6) is 0 Å². The molecule has 1 saturated heterocycles. The van der Waals surface area contributed by atoms with Crippen molar-refractivity contribution in [2.75, 3.05) is 13.6 Å². The number of nitrogens with one attached hydrogen (secondary N) is 1. The number of hydrogen-bond acceptors (Lipinski definition) is 3. The number of pyridine rings is 1. The summed E-state index contributed by atoms with van der Waals surface area (Å²) in [5.74, 6) is 0.163. The number of likely N-dealkylation sites (N-methyl/N-ethyl adjacent to an activating group) is 1. The van der Waals surface area contributed by atoms with Crippen molar-refractivity contribution in [3.05, 3.63) is 30.1 Å². The molecule has 0 radical (unpaired) electrons. The Morgan fingerprint density at radius 1 is 1.56 bits per heavy atom. The summed E-state index contributed by atoms with van der Waals surface area (Å²) in [6, 6.07) is 4.16. The fraction of sp³-hybridized carbons (Fsp3) is 0.571. The highest BCUT2D eigenvalue weighted by molar-refractivity contribution is 5.86. The maximum atomic E-state index is 12.5. The third-order valence-corrected chi connectivity index (χ3v) is 3.74. The number of aromatic nitrogens is 1. The molecule has 2 heterocycles. The van der Waals surface area contributed by atoms with Crippen LogP contribution in [0.4, 0.5) is 0 Å². The zero-order valence-electron chi connectivity index (χ0n) is 11.3. The van der Waals surface area contributed by atoms with Gasteiger partial charge in [-0.1, -0.05) is 6.07 Å². The van der Waals surface area contributed by atoms with E-state index in [1.165, 1.54) is 0 Å². The summed E-state index contributed by atoms with van der Waals surface area (Å²) < 4.78 is 0. The monoisotopic (exact) mass is 247 g/mol. The number of likely N-dealkylation sites (tertiary alicyclic amines) is 1. The number of carbonyl (C=O) groups excluding carboxylic acids is 1. The Hall–Kier alpha value is -1.42. The van der Waals surface area contributed by atoms with Gasteiger partial charge in [0.1, 0.15) is 0 Å². The molecule has 4 nitrogen and oxygen atoms in total. The first-order valence-electron chi connectivity index (χ1n) is 6.46. The molecular formula is C14H21N3O. The number of nitrogens with zero attached hydrogens (tertiary/aromatic N) is 2. The Morgan fingerprint density at radius 3 is 2.94 bits per heavy atom. The van der Waals surface area contributed by atoms with E-state index in [1.807, 2.05) is 38.1 Å². The van der Waals surface area contributed by atoms with Gasteiger partial charge in [-0.3, -0.25) is 9.78 Å². The first-order chi connectivity index (χ1) is 8.56. The molecule has 0 aromatic carbocycles. The Bertz CT molecular complexity index is 416. The molecule has 1 unspecified atom stereocenters. The predicted octanol–water partition coefficient (Wildman–Crippen LogP) is 1.74. The van der Waals surface area contributed by atoms with Crippen LogP contribution < -0.4 is 5.32 Å². The molecule has 98 valence electrons. The molecule has 4 heteroatoms. The molecule has 1 aromatic heterocycles. The second-order valence-corrected chi connectivity index (χ2v) is 5.32. The highest BCUT2D eigenvalue weighted by Gasteiger charge is 2.37. The van der Waals surface area contributed by atoms with Crippen molar-refractivity contribution in [2.45, 2.75) is 38.3 Å². The molecule has 1 N–H and O–H groups in total. The molecule has 1 atom stereocenters. The summed E-state index contributed by atoms with van der Waals surface area (Å²) >= 11 is 0. The smallest absolute Gasteiger partial charge is 0.242 e. The fourth-order valence-corrected chi connectivity index (χ4v) is 2.40. The van der Waals surface area contributed by atoms with E-state index in [4.69, 9.17) is 0 Å². The zero-order valence-corrected chi connectivity index (χ0v) is 11.3. The minimum atomic E-state index is -0.509. The van der Waals surface area contributed by atoms with Crippen LogP contribution in [-0.2, 0) is 4.79 Å². The molecule has 2 rings (SSSR count). The molecule has 0 spiro atoms. The average molecular weight is 247 g/mol. The maximum absolute atomic E-state index is 12.5. The maximum Gasteiger partial charge on any atom is 0.242 e. The van der Waals surface area contributed by atoms with E-state index in [-0.39, 0.29) is 11.9 Å². The van der Waals surface area contributed by atoms with Gasteiger partial charge in [0.15, 0.2) is 0 Å². The second kappa shape index (κ2) is 5.06. The highest BCUT2D eigenvalue weighted by atomic mass is 16.2. The van der Waals surface area contributed by atoms with Gasteiger partial charge in [-0.25, -0.2) is 0 Å². The Balaban J connectivity index is 2.21. The van der Waals surface area contributed by atoms with Crippen molar-refractivity contribution in [1.29, 1.82) is 0 Å². The summed E-state index contributed by atoms with van der Waals surface area (Å²) in [6.45, 7) is 4.69. The molecule has 0 bridgehead atoms. The van der Waals surface area contributed by atoms with Gasteiger partial charge in [0.25, 0.3) is 0 Å². The van der Waals surface area contributed by atoms with Crippen molar-refractivity contribution >= 4 is 5.91 Å². The third-order valence-electron chi connectivity index (χ3n) is 3.74. The minimum Gasteiger partial charge on any atom is -0.334 e. The largest absolute Gasteiger partial charge is 0.334 e. The van der Waals surface area contributed by atoms with Crippen LogP contribution in [0.15, 0.2) is 24.5 Å². The molecule has 0 aliphatic carbocycles. The van der Waals surface area contributed by atoms with Crippen LogP contribution in [0.25, 0.3) is 0 Å².